The highest BCUT2D eigenvalue weighted by molar-refractivity contribution is 7.26. The number of benzene rings is 12. The van der Waals surface area contributed by atoms with Crippen molar-refractivity contribution in [3.05, 3.63) is 284 Å². The zero-order chi connectivity index (χ0) is 59.4. The fourth-order valence-electron chi connectivity index (χ4n) is 14.5. The van der Waals surface area contributed by atoms with E-state index < -0.39 is 0 Å². The van der Waals surface area contributed by atoms with E-state index in [0.29, 0.717) is 5.95 Å². The van der Waals surface area contributed by atoms with Gasteiger partial charge in [0.1, 0.15) is 5.82 Å². The molecular weight excluding hydrogens is 1170 g/mol. The largest absolute Gasteiger partial charge is 0.360 e. The van der Waals surface area contributed by atoms with Gasteiger partial charge in [0.15, 0.2) is 0 Å². The van der Waals surface area contributed by atoms with Crippen molar-refractivity contribution in [2.75, 3.05) is 5.32 Å². The predicted octanol–water partition coefficient (Wildman–Crippen LogP) is 23.3. The summed E-state index contributed by atoms with van der Waals surface area (Å²) in [5, 5.41) is 16.9. The third-order valence-electron chi connectivity index (χ3n) is 18.7. The minimum atomic E-state index is 0.580. The lowest BCUT2D eigenvalue weighted by Gasteiger charge is -2.15. The summed E-state index contributed by atoms with van der Waals surface area (Å²) in [5.74, 6) is 1.35. The number of aromatic nitrogens is 5. The van der Waals surface area contributed by atoms with Gasteiger partial charge in [-0.2, -0.15) is 4.98 Å². The van der Waals surface area contributed by atoms with E-state index in [-0.39, 0.29) is 0 Å². The maximum absolute atomic E-state index is 5.83. The summed E-state index contributed by atoms with van der Waals surface area (Å²) in [7, 11) is 0. The van der Waals surface area contributed by atoms with Crippen LogP contribution in [0.25, 0.3) is 184 Å². The predicted molar refractivity (Wildman–Crippen MR) is 390 cm³/mol. The number of hydrogen-bond acceptors (Lipinski definition) is 6. The fraction of sp³-hybridized carbons (Fsp3) is 0. The number of anilines is 1. The quantitative estimate of drug-likeness (QED) is 0.173. The maximum Gasteiger partial charge on any atom is 0.237 e. The molecule has 19 aromatic rings. The SMILES string of the molecule is C1=CNc2c(sc3ccc(-c4ccc5c6ccccc6n(-c6nc(-c7cccc(-n8c9ccccc9c9ccc(-c%10ccc%11sc%12ccccc%12c%11c%10)cc98)c7)cc(-n7c8ccccc8c8ccc(-c9ccc%10sc%11ccccc%11c%10c9)cc87)n6)c5c4)cc23)C=C1. The van der Waals surface area contributed by atoms with Crippen LogP contribution in [0.15, 0.2) is 279 Å². The standard InChI is InChI=1S/C82H48N6S3/c1-6-21-68-56(16-1)59-33-27-51(48-30-36-76-64(41-48)62-19-4-9-24-74(62)89-76)44-71(59)86(68)55-15-13-14-54(40-55)67-47-80(87-69-22-7-2-17-57(69)60-34-28-52(45-72(60)87)49-31-37-77-65(42-49)63-20-5-10-25-75(63)90-77)85-82(84-67)88-70-23-8-3-18-58(70)61-35-29-53(46-73(61)88)50-32-38-78-66(43-50)81-79(91-78)26-11-12-39-83-81/h1-47,83H. The number of para-hydroxylation sites is 3. The molecule has 7 aromatic heterocycles. The van der Waals surface area contributed by atoms with Gasteiger partial charge in [-0.15, -0.1) is 34.0 Å². The van der Waals surface area contributed by atoms with Crippen molar-refractivity contribution in [3.63, 3.8) is 0 Å². The van der Waals surface area contributed by atoms with Crippen LogP contribution in [-0.4, -0.2) is 23.7 Å². The Labute approximate surface area is 533 Å². The summed E-state index contributed by atoms with van der Waals surface area (Å²) in [6, 6.07) is 96.5. The number of fused-ring (bicyclic) bond motifs is 18. The molecule has 9 heteroatoms. The molecule has 12 aromatic carbocycles. The molecule has 0 saturated heterocycles. The zero-order valence-corrected chi connectivity index (χ0v) is 51.0. The van der Waals surface area contributed by atoms with E-state index in [1.54, 1.807) is 0 Å². The number of nitrogens with one attached hydrogen (secondary N) is 1. The minimum Gasteiger partial charge on any atom is -0.360 e. The monoisotopic (exact) mass is 1210 g/mol. The molecule has 0 fully saturated rings. The Balaban J connectivity index is 0.811. The Morgan fingerprint density at radius 3 is 1.33 bits per heavy atom. The van der Waals surface area contributed by atoms with Crippen molar-refractivity contribution in [2.24, 2.45) is 0 Å². The maximum atomic E-state index is 5.83. The van der Waals surface area contributed by atoms with Gasteiger partial charge >= 0.3 is 0 Å². The Morgan fingerprint density at radius 1 is 0.286 bits per heavy atom. The van der Waals surface area contributed by atoms with Crippen LogP contribution < -0.4 is 5.32 Å². The second kappa shape index (κ2) is 19.6. The number of allylic oxidation sites excluding steroid dienone is 2. The normalized spacial score (nSPS) is 12.6. The van der Waals surface area contributed by atoms with Crippen LogP contribution in [0.3, 0.4) is 0 Å². The first-order chi connectivity index (χ1) is 45.1. The lowest BCUT2D eigenvalue weighted by molar-refractivity contribution is 0.952. The van der Waals surface area contributed by atoms with E-state index in [1.807, 2.05) is 40.2 Å². The molecule has 0 aliphatic carbocycles. The molecule has 91 heavy (non-hydrogen) atoms. The number of nitrogens with zero attached hydrogens (tertiary/aromatic N) is 5. The summed E-state index contributed by atoms with van der Waals surface area (Å²) in [5.41, 5.74) is 17.4. The summed E-state index contributed by atoms with van der Waals surface area (Å²) in [4.78, 5) is 12.8. The van der Waals surface area contributed by atoms with Gasteiger partial charge in [-0.3, -0.25) is 9.13 Å². The third-order valence-corrected chi connectivity index (χ3v) is 22.1. The summed E-state index contributed by atoms with van der Waals surface area (Å²) < 4.78 is 13.5. The molecule has 0 spiro atoms. The molecule has 1 N–H and O–H groups in total. The van der Waals surface area contributed by atoms with E-state index in [9.17, 15) is 0 Å². The van der Waals surface area contributed by atoms with Crippen LogP contribution in [-0.2, 0) is 0 Å². The zero-order valence-electron chi connectivity index (χ0n) is 48.6. The first-order valence-electron chi connectivity index (χ1n) is 30.7. The Hall–Kier alpha value is -11.2. The Bertz CT molecular complexity index is 6390. The first kappa shape index (κ1) is 50.8. The molecule has 0 amide bonds. The van der Waals surface area contributed by atoms with Crippen LogP contribution in [0, 0.1) is 0 Å². The lowest BCUT2D eigenvalue weighted by atomic mass is 10.0. The number of hydrogen-bond donors (Lipinski definition) is 1. The highest BCUT2D eigenvalue weighted by Crippen LogP contribution is 2.45. The van der Waals surface area contributed by atoms with Gasteiger partial charge in [-0.1, -0.05) is 164 Å². The summed E-state index contributed by atoms with van der Waals surface area (Å²) in [6.45, 7) is 0. The molecule has 20 rings (SSSR count). The topological polar surface area (TPSA) is 52.6 Å². The van der Waals surface area contributed by atoms with Crippen molar-refractivity contribution >= 4 is 162 Å². The van der Waals surface area contributed by atoms with Gasteiger partial charge in [0.05, 0.1) is 49.4 Å². The van der Waals surface area contributed by atoms with Crippen LogP contribution in [0.2, 0.25) is 0 Å². The highest BCUT2D eigenvalue weighted by Gasteiger charge is 2.23. The fourth-order valence-corrected chi connectivity index (χ4v) is 17.7. The van der Waals surface area contributed by atoms with Crippen molar-refractivity contribution in [2.45, 2.75) is 0 Å². The molecular formula is C82H48N6S3. The molecule has 0 radical (unpaired) electrons. The molecule has 0 bridgehead atoms. The molecule has 0 saturated carbocycles. The van der Waals surface area contributed by atoms with E-state index >= 15 is 0 Å². The summed E-state index contributed by atoms with van der Waals surface area (Å²) >= 11 is 5.52. The van der Waals surface area contributed by atoms with Crippen molar-refractivity contribution in [1.29, 1.82) is 0 Å². The molecule has 8 heterocycles. The second-order valence-corrected chi connectivity index (χ2v) is 27.0. The van der Waals surface area contributed by atoms with Gasteiger partial charge in [-0.25, -0.2) is 4.98 Å². The van der Waals surface area contributed by atoms with Crippen molar-refractivity contribution < 1.29 is 0 Å². The van der Waals surface area contributed by atoms with E-state index in [1.165, 1.54) is 82.8 Å². The van der Waals surface area contributed by atoms with E-state index in [4.69, 9.17) is 9.97 Å². The average Bonchev–Trinajstić information content (AvgIpc) is 1.62. The number of rotatable bonds is 7. The molecule has 1 aliphatic heterocycles. The van der Waals surface area contributed by atoms with Gasteiger partial charge in [0.25, 0.3) is 0 Å². The lowest BCUT2D eigenvalue weighted by Crippen LogP contribution is -2.07. The third kappa shape index (κ3) is 7.82. The smallest absolute Gasteiger partial charge is 0.237 e. The Kier molecular flexibility index (Phi) is 11.0. The molecule has 0 unspecified atom stereocenters. The van der Waals surface area contributed by atoms with Gasteiger partial charge in [0, 0.05) is 106 Å². The molecule has 6 nitrogen and oxygen atoms in total. The van der Waals surface area contributed by atoms with Gasteiger partial charge in [-0.05, 0) is 143 Å². The van der Waals surface area contributed by atoms with Crippen LogP contribution in [0.4, 0.5) is 5.69 Å². The molecule has 424 valence electrons. The van der Waals surface area contributed by atoms with Crippen molar-refractivity contribution in [1.82, 2.24) is 23.7 Å². The average molecular weight is 1210 g/mol. The van der Waals surface area contributed by atoms with E-state index in [0.717, 1.165) is 99.8 Å². The molecule has 0 atom stereocenters. The Morgan fingerprint density at radius 2 is 0.736 bits per heavy atom. The minimum absolute atomic E-state index is 0.580. The molecule has 1 aliphatic rings. The summed E-state index contributed by atoms with van der Waals surface area (Å²) in [6.07, 6.45) is 8.36. The van der Waals surface area contributed by atoms with E-state index in [2.05, 4.69) is 298 Å². The van der Waals surface area contributed by atoms with Crippen LogP contribution >= 0.6 is 34.0 Å². The second-order valence-electron chi connectivity index (χ2n) is 23.7. The van der Waals surface area contributed by atoms with Crippen LogP contribution in [0.5, 0.6) is 0 Å². The van der Waals surface area contributed by atoms with Gasteiger partial charge in [0.2, 0.25) is 5.95 Å². The number of thiophene rings is 3. The van der Waals surface area contributed by atoms with Crippen molar-refractivity contribution in [3.8, 4) is 62.1 Å². The van der Waals surface area contributed by atoms with Crippen LogP contribution in [0.1, 0.15) is 4.88 Å². The first-order valence-corrected chi connectivity index (χ1v) is 33.1. The van der Waals surface area contributed by atoms with Gasteiger partial charge < -0.3 is 9.88 Å². The highest BCUT2D eigenvalue weighted by atomic mass is 32.1.